The Bertz CT molecular complexity index is 412. The van der Waals surface area contributed by atoms with Crippen molar-refractivity contribution in [2.45, 2.75) is 45.1 Å². The van der Waals surface area contributed by atoms with Gasteiger partial charge in [-0.1, -0.05) is 6.92 Å². The van der Waals surface area contributed by atoms with Crippen molar-refractivity contribution in [1.29, 1.82) is 0 Å². The maximum absolute atomic E-state index is 5.60. The van der Waals surface area contributed by atoms with Gasteiger partial charge < -0.3 is 15.4 Å². The first kappa shape index (κ1) is 14.1. The van der Waals surface area contributed by atoms with Crippen LogP contribution in [-0.4, -0.2) is 35.8 Å². The Morgan fingerprint density at radius 3 is 2.68 bits per heavy atom. The number of aromatic nitrogens is 2. The van der Waals surface area contributed by atoms with E-state index in [0.29, 0.717) is 5.95 Å². The molecule has 1 aromatic heterocycles. The van der Waals surface area contributed by atoms with Crippen molar-refractivity contribution < 1.29 is 4.74 Å². The summed E-state index contributed by atoms with van der Waals surface area (Å²) in [6.07, 6.45) is 4.57. The molecular formula is C14H24N4O. The van der Waals surface area contributed by atoms with Crippen LogP contribution in [0.25, 0.3) is 0 Å². The zero-order valence-electron chi connectivity index (χ0n) is 12.1. The number of anilines is 2. The van der Waals surface area contributed by atoms with Gasteiger partial charge in [-0.15, -0.1) is 0 Å². The van der Waals surface area contributed by atoms with E-state index in [1.807, 2.05) is 13.0 Å². The Hall–Kier alpha value is -1.36. The van der Waals surface area contributed by atoms with Gasteiger partial charge in [0.2, 0.25) is 5.95 Å². The van der Waals surface area contributed by atoms with Gasteiger partial charge >= 0.3 is 0 Å². The first-order chi connectivity index (χ1) is 9.17. The summed E-state index contributed by atoms with van der Waals surface area (Å²) in [5, 5.41) is 6.60. The molecule has 1 heterocycles. The average Bonchev–Trinajstić information content (AvgIpc) is 2.35. The predicted molar refractivity (Wildman–Crippen MR) is 77.6 cm³/mol. The largest absolute Gasteiger partial charge is 0.376 e. The van der Waals surface area contributed by atoms with Gasteiger partial charge in [0.15, 0.2) is 0 Å². The van der Waals surface area contributed by atoms with Crippen molar-refractivity contribution >= 4 is 11.8 Å². The lowest BCUT2D eigenvalue weighted by Crippen LogP contribution is -2.45. The number of rotatable bonds is 7. The smallest absolute Gasteiger partial charge is 0.224 e. The summed E-state index contributed by atoms with van der Waals surface area (Å²) < 4.78 is 5.60. The average molecular weight is 264 g/mol. The highest BCUT2D eigenvalue weighted by molar-refractivity contribution is 5.42. The van der Waals surface area contributed by atoms with Crippen molar-refractivity contribution in [3.05, 3.63) is 11.8 Å². The second-order valence-electron chi connectivity index (χ2n) is 5.24. The number of ether oxygens (including phenoxy) is 1. The van der Waals surface area contributed by atoms with Gasteiger partial charge in [-0.2, -0.15) is 4.98 Å². The summed E-state index contributed by atoms with van der Waals surface area (Å²) in [7, 11) is 1.79. The maximum Gasteiger partial charge on any atom is 0.224 e. The van der Waals surface area contributed by atoms with Crippen LogP contribution < -0.4 is 10.6 Å². The highest BCUT2D eigenvalue weighted by atomic mass is 16.5. The SMILES string of the molecule is CCCNc1nc(C)cc(NCC2(OC)CCC2)n1. The lowest BCUT2D eigenvalue weighted by molar-refractivity contribution is -0.0601. The molecule has 0 bridgehead atoms. The first-order valence-electron chi connectivity index (χ1n) is 7.06. The molecule has 0 saturated heterocycles. The van der Waals surface area contributed by atoms with E-state index < -0.39 is 0 Å². The van der Waals surface area contributed by atoms with Gasteiger partial charge in [0.05, 0.1) is 5.60 Å². The molecule has 106 valence electrons. The van der Waals surface area contributed by atoms with Gasteiger partial charge in [-0.05, 0) is 32.6 Å². The van der Waals surface area contributed by atoms with Gasteiger partial charge in [0.25, 0.3) is 0 Å². The monoisotopic (exact) mass is 264 g/mol. The molecule has 5 nitrogen and oxygen atoms in total. The number of hydrogen-bond donors (Lipinski definition) is 2. The molecule has 0 aliphatic heterocycles. The van der Waals surface area contributed by atoms with Gasteiger partial charge in [-0.25, -0.2) is 4.98 Å². The molecule has 0 radical (unpaired) electrons. The van der Waals surface area contributed by atoms with Crippen molar-refractivity contribution in [1.82, 2.24) is 9.97 Å². The van der Waals surface area contributed by atoms with E-state index in [-0.39, 0.29) is 5.60 Å². The van der Waals surface area contributed by atoms with E-state index in [1.54, 1.807) is 7.11 Å². The highest BCUT2D eigenvalue weighted by Gasteiger charge is 2.36. The van der Waals surface area contributed by atoms with Crippen molar-refractivity contribution in [3.63, 3.8) is 0 Å². The van der Waals surface area contributed by atoms with Crippen LogP contribution >= 0.6 is 0 Å². The number of aryl methyl sites for hydroxylation is 1. The van der Waals surface area contributed by atoms with E-state index in [0.717, 1.165) is 43.9 Å². The minimum Gasteiger partial charge on any atom is -0.376 e. The lowest BCUT2D eigenvalue weighted by Gasteiger charge is -2.40. The van der Waals surface area contributed by atoms with Crippen LogP contribution in [0.4, 0.5) is 11.8 Å². The second-order valence-corrected chi connectivity index (χ2v) is 5.24. The Balaban J connectivity index is 1.97. The highest BCUT2D eigenvalue weighted by Crippen LogP contribution is 2.34. The summed E-state index contributed by atoms with van der Waals surface area (Å²) in [6.45, 7) is 5.82. The maximum atomic E-state index is 5.60. The summed E-state index contributed by atoms with van der Waals surface area (Å²) in [5.74, 6) is 1.57. The first-order valence-corrected chi connectivity index (χ1v) is 7.06. The topological polar surface area (TPSA) is 59.1 Å². The predicted octanol–water partition coefficient (Wildman–Crippen LogP) is 2.59. The van der Waals surface area contributed by atoms with E-state index in [2.05, 4.69) is 27.5 Å². The molecule has 5 heteroatoms. The van der Waals surface area contributed by atoms with E-state index in [9.17, 15) is 0 Å². The molecule has 1 fully saturated rings. The quantitative estimate of drug-likeness (QED) is 0.792. The fourth-order valence-corrected chi connectivity index (χ4v) is 2.25. The molecule has 2 N–H and O–H groups in total. The third-order valence-corrected chi connectivity index (χ3v) is 3.68. The molecule has 19 heavy (non-hydrogen) atoms. The van der Waals surface area contributed by atoms with Crippen LogP contribution in [0.3, 0.4) is 0 Å². The van der Waals surface area contributed by atoms with Crippen LogP contribution in [0.2, 0.25) is 0 Å². The van der Waals surface area contributed by atoms with Gasteiger partial charge in [0, 0.05) is 32.0 Å². The molecule has 2 rings (SSSR count). The van der Waals surface area contributed by atoms with E-state index in [1.165, 1.54) is 6.42 Å². The fraction of sp³-hybridized carbons (Fsp3) is 0.714. The number of nitrogens with one attached hydrogen (secondary N) is 2. The van der Waals surface area contributed by atoms with Gasteiger partial charge in [-0.3, -0.25) is 0 Å². The minimum atomic E-state index is 0.00979. The molecule has 0 amide bonds. The molecule has 0 spiro atoms. The Labute approximate surface area is 115 Å². The summed E-state index contributed by atoms with van der Waals surface area (Å²) in [4.78, 5) is 8.85. The Kier molecular flexibility index (Phi) is 4.58. The standard InChI is InChI=1S/C14H24N4O/c1-4-8-15-13-17-11(2)9-12(18-13)16-10-14(19-3)6-5-7-14/h9H,4-8,10H2,1-3H3,(H2,15,16,17,18). The molecule has 1 saturated carbocycles. The van der Waals surface area contributed by atoms with Crippen LogP contribution in [0.1, 0.15) is 38.3 Å². The van der Waals surface area contributed by atoms with Crippen LogP contribution in [0.15, 0.2) is 6.07 Å². The van der Waals surface area contributed by atoms with Crippen LogP contribution in [0, 0.1) is 6.92 Å². The number of nitrogens with zero attached hydrogens (tertiary/aromatic N) is 2. The van der Waals surface area contributed by atoms with Crippen molar-refractivity contribution in [3.8, 4) is 0 Å². The Morgan fingerprint density at radius 1 is 1.32 bits per heavy atom. The summed E-state index contributed by atoms with van der Waals surface area (Å²) >= 11 is 0. The normalized spacial score (nSPS) is 16.8. The zero-order chi connectivity index (χ0) is 13.7. The lowest BCUT2D eigenvalue weighted by atomic mass is 9.80. The molecule has 1 aromatic rings. The third kappa shape index (κ3) is 3.56. The zero-order valence-corrected chi connectivity index (χ0v) is 12.1. The molecule has 0 unspecified atom stereocenters. The molecular weight excluding hydrogens is 240 g/mol. The summed E-state index contributed by atoms with van der Waals surface area (Å²) in [6, 6.07) is 1.97. The number of methoxy groups -OCH3 is 1. The van der Waals surface area contributed by atoms with Crippen molar-refractivity contribution in [2.75, 3.05) is 30.8 Å². The van der Waals surface area contributed by atoms with Crippen LogP contribution in [-0.2, 0) is 4.74 Å². The summed E-state index contributed by atoms with van der Waals surface area (Å²) in [5.41, 5.74) is 0.978. The van der Waals surface area contributed by atoms with Gasteiger partial charge in [0.1, 0.15) is 5.82 Å². The number of hydrogen-bond acceptors (Lipinski definition) is 5. The molecule has 0 atom stereocenters. The fourth-order valence-electron chi connectivity index (χ4n) is 2.25. The Morgan fingerprint density at radius 2 is 2.11 bits per heavy atom. The molecule has 1 aliphatic carbocycles. The second kappa shape index (κ2) is 6.19. The van der Waals surface area contributed by atoms with E-state index >= 15 is 0 Å². The molecule has 1 aliphatic rings. The van der Waals surface area contributed by atoms with Crippen LogP contribution in [0.5, 0.6) is 0 Å². The third-order valence-electron chi connectivity index (χ3n) is 3.68. The van der Waals surface area contributed by atoms with E-state index in [4.69, 9.17) is 4.74 Å². The van der Waals surface area contributed by atoms with Crippen molar-refractivity contribution in [2.24, 2.45) is 0 Å². The minimum absolute atomic E-state index is 0.00979. The molecule has 0 aromatic carbocycles.